The molecule has 92 valence electrons. The van der Waals surface area contributed by atoms with Gasteiger partial charge in [0.1, 0.15) is 0 Å². The highest BCUT2D eigenvalue weighted by Crippen LogP contribution is 2.13. The molecule has 1 N–H and O–H groups in total. The summed E-state index contributed by atoms with van der Waals surface area (Å²) in [5.74, 6) is 0. The summed E-state index contributed by atoms with van der Waals surface area (Å²) in [6.45, 7) is 1.89. The first-order valence-corrected chi connectivity index (χ1v) is 5.25. The van der Waals surface area contributed by atoms with Crippen LogP contribution in [0.5, 0.6) is 0 Å². The highest BCUT2D eigenvalue weighted by molar-refractivity contribution is 6.00. The molecule has 0 saturated carbocycles. The van der Waals surface area contributed by atoms with Crippen molar-refractivity contribution >= 4 is 17.7 Å². The van der Waals surface area contributed by atoms with Crippen molar-refractivity contribution in [2.45, 2.75) is 6.92 Å². The number of nitrogens with one attached hydrogen (secondary N) is 1. The SMILES string of the molecule is Cc1ccccc1NC(=O)N(C)C(=O)N(C)C. The third-order valence-electron chi connectivity index (χ3n) is 2.36. The van der Waals surface area contributed by atoms with Crippen LogP contribution in [-0.2, 0) is 0 Å². The van der Waals surface area contributed by atoms with E-state index in [0.29, 0.717) is 5.69 Å². The molecule has 0 fully saturated rings. The second kappa shape index (κ2) is 5.34. The van der Waals surface area contributed by atoms with E-state index >= 15 is 0 Å². The van der Waals surface area contributed by atoms with Crippen molar-refractivity contribution in [3.05, 3.63) is 29.8 Å². The van der Waals surface area contributed by atoms with Gasteiger partial charge in [0.25, 0.3) is 0 Å². The third-order valence-corrected chi connectivity index (χ3v) is 2.36. The van der Waals surface area contributed by atoms with Gasteiger partial charge < -0.3 is 10.2 Å². The standard InChI is InChI=1S/C12H17N3O2/c1-9-7-5-6-8-10(9)13-11(16)15(4)12(17)14(2)3/h5-8H,1-4H3,(H,13,16). The highest BCUT2D eigenvalue weighted by Gasteiger charge is 2.18. The van der Waals surface area contributed by atoms with Gasteiger partial charge in [0.15, 0.2) is 0 Å². The molecule has 1 rings (SSSR count). The lowest BCUT2D eigenvalue weighted by Gasteiger charge is -2.20. The van der Waals surface area contributed by atoms with Crippen LogP contribution in [0.2, 0.25) is 0 Å². The van der Waals surface area contributed by atoms with Gasteiger partial charge in [-0.05, 0) is 18.6 Å². The van der Waals surface area contributed by atoms with Crippen molar-refractivity contribution in [2.24, 2.45) is 0 Å². The first-order valence-electron chi connectivity index (χ1n) is 5.25. The minimum atomic E-state index is -0.446. The van der Waals surface area contributed by atoms with E-state index < -0.39 is 6.03 Å². The zero-order valence-corrected chi connectivity index (χ0v) is 10.5. The predicted octanol–water partition coefficient (Wildman–Crippen LogP) is 2.14. The molecule has 1 aromatic carbocycles. The summed E-state index contributed by atoms with van der Waals surface area (Å²) in [6, 6.07) is 6.59. The van der Waals surface area contributed by atoms with Crippen molar-refractivity contribution in [1.29, 1.82) is 0 Å². The van der Waals surface area contributed by atoms with E-state index in [1.807, 2.05) is 25.1 Å². The molecule has 0 heterocycles. The number of amides is 4. The second-order valence-electron chi connectivity index (χ2n) is 3.98. The first-order chi connectivity index (χ1) is 7.93. The highest BCUT2D eigenvalue weighted by atomic mass is 16.2. The van der Waals surface area contributed by atoms with E-state index in [0.717, 1.165) is 10.5 Å². The number of aryl methyl sites for hydroxylation is 1. The van der Waals surface area contributed by atoms with Crippen molar-refractivity contribution in [2.75, 3.05) is 26.5 Å². The molecule has 0 atom stereocenters. The summed E-state index contributed by atoms with van der Waals surface area (Å²) in [4.78, 5) is 25.7. The Morgan fingerprint density at radius 2 is 1.71 bits per heavy atom. The number of carbonyl (C=O) groups is 2. The summed E-state index contributed by atoms with van der Waals surface area (Å²) in [7, 11) is 4.63. The number of nitrogens with zero attached hydrogens (tertiary/aromatic N) is 2. The minimum Gasteiger partial charge on any atom is -0.330 e. The van der Waals surface area contributed by atoms with Crippen LogP contribution in [0.3, 0.4) is 0 Å². The van der Waals surface area contributed by atoms with Gasteiger partial charge in [-0.15, -0.1) is 0 Å². The average molecular weight is 235 g/mol. The molecular formula is C12H17N3O2. The van der Waals surface area contributed by atoms with E-state index in [9.17, 15) is 9.59 Å². The van der Waals surface area contributed by atoms with E-state index in [2.05, 4.69) is 5.32 Å². The molecule has 4 amide bonds. The molecule has 1 aromatic rings. The predicted molar refractivity (Wildman–Crippen MR) is 67.0 cm³/mol. The number of imide groups is 1. The summed E-state index contributed by atoms with van der Waals surface area (Å²) >= 11 is 0. The Kier molecular flexibility index (Phi) is 4.09. The Morgan fingerprint density at radius 3 is 2.24 bits per heavy atom. The van der Waals surface area contributed by atoms with Crippen molar-refractivity contribution in [1.82, 2.24) is 9.80 Å². The van der Waals surface area contributed by atoms with E-state index in [1.54, 1.807) is 20.2 Å². The first kappa shape index (κ1) is 13.0. The van der Waals surface area contributed by atoms with Crippen LogP contribution in [0.25, 0.3) is 0 Å². The van der Waals surface area contributed by atoms with Crippen LogP contribution >= 0.6 is 0 Å². The van der Waals surface area contributed by atoms with Gasteiger partial charge in [-0.25, -0.2) is 14.5 Å². The normalized spacial score (nSPS) is 9.65. The van der Waals surface area contributed by atoms with E-state index in [4.69, 9.17) is 0 Å². The van der Waals surface area contributed by atoms with E-state index in [1.165, 1.54) is 11.9 Å². The van der Waals surface area contributed by atoms with Gasteiger partial charge in [0.05, 0.1) is 0 Å². The molecule has 0 unspecified atom stereocenters. The molecule has 5 heteroatoms. The van der Waals surface area contributed by atoms with Crippen molar-refractivity contribution in [3.8, 4) is 0 Å². The number of hydrogen-bond acceptors (Lipinski definition) is 2. The van der Waals surface area contributed by atoms with Gasteiger partial charge >= 0.3 is 12.1 Å². The molecule has 0 aliphatic carbocycles. The lowest BCUT2D eigenvalue weighted by molar-refractivity contribution is 0.182. The number of anilines is 1. The molecule has 0 radical (unpaired) electrons. The Morgan fingerprint density at radius 1 is 1.12 bits per heavy atom. The fourth-order valence-electron chi connectivity index (χ4n) is 1.30. The maximum absolute atomic E-state index is 11.8. The lowest BCUT2D eigenvalue weighted by Crippen LogP contribution is -2.42. The largest absolute Gasteiger partial charge is 0.330 e. The van der Waals surface area contributed by atoms with Gasteiger partial charge in [-0.2, -0.15) is 0 Å². The molecule has 0 spiro atoms. The molecule has 0 aromatic heterocycles. The maximum Gasteiger partial charge on any atom is 0.329 e. The third kappa shape index (κ3) is 3.21. The Hall–Kier alpha value is -2.04. The van der Waals surface area contributed by atoms with Gasteiger partial charge in [0, 0.05) is 26.8 Å². The number of carbonyl (C=O) groups excluding carboxylic acids is 2. The smallest absolute Gasteiger partial charge is 0.329 e. The summed E-state index contributed by atoms with van der Waals surface area (Å²) in [6.07, 6.45) is 0. The van der Waals surface area contributed by atoms with Crippen LogP contribution in [0.4, 0.5) is 15.3 Å². The van der Waals surface area contributed by atoms with Crippen molar-refractivity contribution < 1.29 is 9.59 Å². The van der Waals surface area contributed by atoms with Gasteiger partial charge in [-0.1, -0.05) is 18.2 Å². The molecule has 0 aliphatic rings. The zero-order valence-electron chi connectivity index (χ0n) is 10.5. The quantitative estimate of drug-likeness (QED) is 0.810. The Labute approximate surface area is 101 Å². The summed E-state index contributed by atoms with van der Waals surface area (Å²) < 4.78 is 0. The monoisotopic (exact) mass is 235 g/mol. The fraction of sp³-hybridized carbons (Fsp3) is 0.333. The summed E-state index contributed by atoms with van der Waals surface area (Å²) in [5, 5.41) is 2.69. The Balaban J connectivity index is 2.73. The minimum absolute atomic E-state index is 0.365. The second-order valence-corrected chi connectivity index (χ2v) is 3.98. The molecule has 5 nitrogen and oxygen atoms in total. The topological polar surface area (TPSA) is 52.7 Å². The fourth-order valence-corrected chi connectivity index (χ4v) is 1.30. The van der Waals surface area contributed by atoms with Crippen LogP contribution in [0, 0.1) is 6.92 Å². The van der Waals surface area contributed by atoms with Crippen LogP contribution in [0.1, 0.15) is 5.56 Å². The van der Waals surface area contributed by atoms with E-state index in [-0.39, 0.29) is 6.03 Å². The molecule has 17 heavy (non-hydrogen) atoms. The van der Waals surface area contributed by atoms with Crippen LogP contribution < -0.4 is 5.32 Å². The van der Waals surface area contributed by atoms with Gasteiger partial charge in [0.2, 0.25) is 0 Å². The average Bonchev–Trinajstić information content (AvgIpc) is 2.30. The van der Waals surface area contributed by atoms with Crippen LogP contribution in [-0.4, -0.2) is 43.0 Å². The molecule has 0 aliphatic heterocycles. The number of urea groups is 2. The van der Waals surface area contributed by atoms with Gasteiger partial charge in [-0.3, -0.25) is 0 Å². The Bertz CT molecular complexity index is 430. The maximum atomic E-state index is 11.8. The number of para-hydroxylation sites is 1. The van der Waals surface area contributed by atoms with Crippen LogP contribution in [0.15, 0.2) is 24.3 Å². The summed E-state index contributed by atoms with van der Waals surface area (Å²) in [5.41, 5.74) is 1.66. The zero-order chi connectivity index (χ0) is 13.0. The molecule has 0 bridgehead atoms. The number of benzene rings is 1. The van der Waals surface area contributed by atoms with Crippen molar-refractivity contribution in [3.63, 3.8) is 0 Å². The molecular weight excluding hydrogens is 218 g/mol. The number of hydrogen-bond donors (Lipinski definition) is 1. The lowest BCUT2D eigenvalue weighted by atomic mass is 10.2. The number of rotatable bonds is 1. The molecule has 0 saturated heterocycles.